The van der Waals surface area contributed by atoms with Gasteiger partial charge in [-0.2, -0.15) is 0 Å². The number of hydrogen-bond acceptors (Lipinski definition) is 18. The third-order valence-corrected chi connectivity index (χ3v) is 14.0. The van der Waals surface area contributed by atoms with E-state index in [1.807, 2.05) is 6.08 Å². The summed E-state index contributed by atoms with van der Waals surface area (Å²) in [6.45, 7) is 1.61. The smallest absolute Gasteiger partial charge is 0.220 e. The van der Waals surface area contributed by atoms with Crippen molar-refractivity contribution in [1.29, 1.82) is 0 Å². The van der Waals surface area contributed by atoms with Gasteiger partial charge >= 0.3 is 0 Å². The van der Waals surface area contributed by atoms with Crippen LogP contribution in [-0.4, -0.2) is 193 Å². The zero-order chi connectivity index (χ0) is 55.5. The van der Waals surface area contributed by atoms with E-state index < -0.39 is 124 Å². The summed E-state index contributed by atoms with van der Waals surface area (Å²) in [6.07, 6.45) is 17.8. The Hall–Kier alpha value is -2.51. The first-order valence-corrected chi connectivity index (χ1v) is 28.5. The Balaban J connectivity index is 1.53. The number of nitrogens with one attached hydrogen (secondary N) is 1. The zero-order valence-electron chi connectivity index (χ0n) is 45.5. The summed E-state index contributed by atoms with van der Waals surface area (Å²) in [5.74, 6) is -0.303. The van der Waals surface area contributed by atoms with E-state index in [0.717, 1.165) is 77.0 Å². The molecule has 0 radical (unpaired) electrons. The van der Waals surface area contributed by atoms with Gasteiger partial charge in [-0.25, -0.2) is 0 Å². The first kappa shape index (κ1) is 67.8. The van der Waals surface area contributed by atoms with Crippen molar-refractivity contribution in [2.45, 2.75) is 266 Å². The number of rotatable bonds is 40. The standard InChI is InChI=1S/C57H99NO18/c1-3-5-7-9-11-13-15-17-18-19-20-21-22-23-25-27-29-31-33-35-45(63)58-40(41(62)34-32-30-28-26-24-16-14-12-10-8-6-4-2)39-71-55-51(69)48(66)53(43(37-60)73-55)76-57-52(70)49(67)54(44(38-61)74-57)75-56-50(68)47(65)46(64)42(36-59)72-56/h11,13,17-18,20-21,24,26,32,34,40-44,46-57,59-62,64-70H,3-10,12,14-16,19,22-23,25,27-31,33,35-39H2,1-2H3,(H,58,63)/b13-11-,18-17-,21-20-,26-24+,34-32+. The summed E-state index contributed by atoms with van der Waals surface area (Å²) in [5, 5.41) is 120. The average Bonchev–Trinajstić information content (AvgIpc) is 3.42. The summed E-state index contributed by atoms with van der Waals surface area (Å²) in [5.41, 5.74) is 0. The van der Waals surface area contributed by atoms with Crippen molar-refractivity contribution in [3.63, 3.8) is 0 Å². The summed E-state index contributed by atoms with van der Waals surface area (Å²) in [7, 11) is 0. The Bertz CT molecular complexity index is 1630. The lowest BCUT2D eigenvalue weighted by Gasteiger charge is -2.48. The molecule has 3 rings (SSSR count). The summed E-state index contributed by atoms with van der Waals surface area (Å²) < 4.78 is 34.1. The maximum absolute atomic E-state index is 13.3. The highest BCUT2D eigenvalue weighted by Gasteiger charge is 2.53. The van der Waals surface area contributed by atoms with E-state index in [1.54, 1.807) is 6.08 Å². The quantitative estimate of drug-likeness (QED) is 0.0304. The number of aliphatic hydroxyl groups is 11. The summed E-state index contributed by atoms with van der Waals surface area (Å²) >= 11 is 0. The largest absolute Gasteiger partial charge is 0.394 e. The lowest BCUT2D eigenvalue weighted by Crippen LogP contribution is -2.66. The Morgan fingerprint density at radius 3 is 1.43 bits per heavy atom. The van der Waals surface area contributed by atoms with Crippen LogP contribution in [0.15, 0.2) is 60.8 Å². The highest BCUT2D eigenvalue weighted by atomic mass is 16.8. The molecule has 3 aliphatic heterocycles. The molecule has 12 N–H and O–H groups in total. The van der Waals surface area contributed by atoms with Crippen molar-refractivity contribution in [3.05, 3.63) is 60.8 Å². The molecule has 76 heavy (non-hydrogen) atoms. The number of hydrogen-bond donors (Lipinski definition) is 12. The highest BCUT2D eigenvalue weighted by molar-refractivity contribution is 5.76. The van der Waals surface area contributed by atoms with Crippen LogP contribution in [0.25, 0.3) is 0 Å². The molecule has 0 aromatic heterocycles. The second-order valence-corrected chi connectivity index (χ2v) is 20.4. The lowest BCUT2D eigenvalue weighted by atomic mass is 9.96. The van der Waals surface area contributed by atoms with Gasteiger partial charge in [-0.05, 0) is 70.6 Å². The van der Waals surface area contributed by atoms with Crippen LogP contribution in [0.4, 0.5) is 0 Å². The van der Waals surface area contributed by atoms with Gasteiger partial charge in [-0.3, -0.25) is 4.79 Å². The molecule has 0 spiro atoms. The van der Waals surface area contributed by atoms with Crippen LogP contribution in [-0.2, 0) is 33.2 Å². The van der Waals surface area contributed by atoms with E-state index in [4.69, 9.17) is 28.4 Å². The number of aliphatic hydroxyl groups excluding tert-OH is 11. The molecule has 3 aliphatic rings. The van der Waals surface area contributed by atoms with Crippen molar-refractivity contribution in [2.24, 2.45) is 0 Å². The normalized spacial score (nSPS) is 31.4. The monoisotopic (exact) mass is 1090 g/mol. The zero-order valence-corrected chi connectivity index (χ0v) is 45.5. The van der Waals surface area contributed by atoms with Gasteiger partial charge in [-0.1, -0.05) is 145 Å². The number of amides is 1. The summed E-state index contributed by atoms with van der Waals surface area (Å²) in [4.78, 5) is 13.3. The van der Waals surface area contributed by atoms with Crippen LogP contribution in [0.1, 0.15) is 162 Å². The third-order valence-electron chi connectivity index (χ3n) is 14.0. The molecule has 19 heteroatoms. The second kappa shape index (κ2) is 40.6. The molecule has 3 heterocycles. The van der Waals surface area contributed by atoms with E-state index >= 15 is 0 Å². The first-order chi connectivity index (χ1) is 36.8. The van der Waals surface area contributed by atoms with Crippen molar-refractivity contribution in [2.75, 3.05) is 26.4 Å². The van der Waals surface area contributed by atoms with Crippen molar-refractivity contribution >= 4 is 5.91 Å². The van der Waals surface area contributed by atoms with Crippen LogP contribution in [0.5, 0.6) is 0 Å². The minimum atomic E-state index is -1.98. The second-order valence-electron chi connectivity index (χ2n) is 20.4. The molecule has 17 atom stereocenters. The number of carbonyl (C=O) groups is 1. The molecule has 0 bridgehead atoms. The molecule has 17 unspecified atom stereocenters. The first-order valence-electron chi connectivity index (χ1n) is 28.5. The van der Waals surface area contributed by atoms with Gasteiger partial charge in [0.25, 0.3) is 0 Å². The fraction of sp³-hybridized carbons (Fsp3) is 0.807. The van der Waals surface area contributed by atoms with Crippen LogP contribution in [0.3, 0.4) is 0 Å². The van der Waals surface area contributed by atoms with E-state index in [2.05, 4.69) is 67.8 Å². The Kier molecular flexibility index (Phi) is 36.2. The van der Waals surface area contributed by atoms with Crippen molar-refractivity contribution < 1.29 is 89.4 Å². The van der Waals surface area contributed by atoms with Gasteiger partial charge in [0.2, 0.25) is 5.91 Å². The van der Waals surface area contributed by atoms with Crippen LogP contribution >= 0.6 is 0 Å². The Labute approximate surface area is 452 Å². The number of allylic oxidation sites excluding steroid dienone is 9. The summed E-state index contributed by atoms with van der Waals surface area (Å²) in [6, 6.07) is -0.997. The molecular weight excluding hydrogens is 987 g/mol. The predicted octanol–water partition coefficient (Wildman–Crippen LogP) is 4.09. The van der Waals surface area contributed by atoms with Gasteiger partial charge < -0.3 is 89.9 Å². The Morgan fingerprint density at radius 2 is 0.882 bits per heavy atom. The highest BCUT2D eigenvalue weighted by Crippen LogP contribution is 2.33. The number of unbranched alkanes of at least 4 members (excludes halogenated alkanes) is 16. The van der Waals surface area contributed by atoms with Crippen LogP contribution in [0, 0.1) is 0 Å². The van der Waals surface area contributed by atoms with Crippen molar-refractivity contribution in [3.8, 4) is 0 Å². The minimum Gasteiger partial charge on any atom is -0.394 e. The molecule has 0 saturated carbocycles. The van der Waals surface area contributed by atoms with Gasteiger partial charge in [0, 0.05) is 6.42 Å². The van der Waals surface area contributed by atoms with Crippen LogP contribution in [0.2, 0.25) is 0 Å². The SMILES string of the molecule is CCCCC/C=C\C/C=C\C/C=C\CCCCCCCCC(=O)NC(COC1OC(CO)C(OC2OC(CO)C(OC3OC(CO)C(O)C(O)C3O)C(O)C2O)C(O)C1O)C(O)/C=C/CC/C=C/CCCCCCCC. The van der Waals surface area contributed by atoms with Crippen LogP contribution < -0.4 is 5.32 Å². The maximum atomic E-state index is 13.3. The lowest BCUT2D eigenvalue weighted by molar-refractivity contribution is -0.379. The molecule has 3 fully saturated rings. The molecular formula is C57H99NO18. The molecule has 19 nitrogen and oxygen atoms in total. The average molecular weight is 1090 g/mol. The molecule has 0 aromatic carbocycles. The molecule has 0 aliphatic carbocycles. The fourth-order valence-corrected chi connectivity index (χ4v) is 9.27. The minimum absolute atomic E-state index is 0.218. The molecule has 440 valence electrons. The maximum Gasteiger partial charge on any atom is 0.220 e. The van der Waals surface area contributed by atoms with E-state index in [0.29, 0.717) is 12.8 Å². The number of carbonyl (C=O) groups excluding carboxylic acids is 1. The van der Waals surface area contributed by atoms with Gasteiger partial charge in [0.05, 0.1) is 38.6 Å². The fourth-order valence-electron chi connectivity index (χ4n) is 9.27. The Morgan fingerprint density at radius 1 is 0.474 bits per heavy atom. The third kappa shape index (κ3) is 24.9. The van der Waals surface area contributed by atoms with E-state index in [9.17, 15) is 61.0 Å². The van der Waals surface area contributed by atoms with Gasteiger partial charge in [-0.15, -0.1) is 0 Å². The molecule has 1 amide bonds. The van der Waals surface area contributed by atoms with Gasteiger partial charge in [0.15, 0.2) is 18.9 Å². The molecule has 3 saturated heterocycles. The topological polar surface area (TPSA) is 307 Å². The number of ether oxygens (including phenoxy) is 6. The van der Waals surface area contributed by atoms with Gasteiger partial charge in [0.1, 0.15) is 73.2 Å². The van der Waals surface area contributed by atoms with E-state index in [1.165, 1.54) is 51.4 Å². The van der Waals surface area contributed by atoms with Crippen molar-refractivity contribution in [1.82, 2.24) is 5.32 Å². The molecule has 0 aromatic rings. The van der Waals surface area contributed by atoms with E-state index in [-0.39, 0.29) is 18.9 Å². The predicted molar refractivity (Wildman–Crippen MR) is 286 cm³/mol.